The summed E-state index contributed by atoms with van der Waals surface area (Å²) in [6.45, 7) is 3.93. The van der Waals surface area contributed by atoms with Crippen LogP contribution >= 0.6 is 0 Å². The van der Waals surface area contributed by atoms with Gasteiger partial charge >= 0.3 is 0 Å². The Morgan fingerprint density at radius 2 is 1.94 bits per heavy atom. The highest BCUT2D eigenvalue weighted by Crippen LogP contribution is 2.27. The van der Waals surface area contributed by atoms with Gasteiger partial charge in [0.25, 0.3) is 0 Å². The zero-order valence-corrected chi connectivity index (χ0v) is 10.9. The monoisotopic (exact) mass is 241 g/mol. The average Bonchev–Trinajstić information content (AvgIpc) is 2.43. The van der Waals surface area contributed by atoms with Gasteiger partial charge < -0.3 is 10.2 Å². The first kappa shape index (κ1) is 12.6. The molecule has 94 valence electrons. The standard InChI is InChI=1S/C15H19N3/c1-3-18(14-7-5-4-6-8-14)15-12-17-10-9-13(15)11-16-2/h4-10,12,16H,3,11H2,1-2H3. The molecule has 0 saturated carbocycles. The van der Waals surface area contributed by atoms with E-state index in [2.05, 4.69) is 52.5 Å². The van der Waals surface area contributed by atoms with Gasteiger partial charge in [0.2, 0.25) is 0 Å². The minimum absolute atomic E-state index is 0.848. The number of para-hydroxylation sites is 1. The third kappa shape index (κ3) is 2.68. The number of nitrogens with zero attached hydrogens (tertiary/aromatic N) is 2. The minimum Gasteiger partial charge on any atom is -0.340 e. The summed E-state index contributed by atoms with van der Waals surface area (Å²) in [7, 11) is 1.96. The second kappa shape index (κ2) is 6.17. The van der Waals surface area contributed by atoms with Crippen molar-refractivity contribution in [1.82, 2.24) is 10.3 Å². The number of hydrogen-bond acceptors (Lipinski definition) is 3. The lowest BCUT2D eigenvalue weighted by molar-refractivity contribution is 0.810. The van der Waals surface area contributed by atoms with Crippen LogP contribution in [0.3, 0.4) is 0 Å². The van der Waals surface area contributed by atoms with Crippen molar-refractivity contribution in [3.8, 4) is 0 Å². The van der Waals surface area contributed by atoms with Crippen LogP contribution in [0.1, 0.15) is 12.5 Å². The van der Waals surface area contributed by atoms with Gasteiger partial charge in [0, 0.05) is 25.0 Å². The van der Waals surface area contributed by atoms with Crippen LogP contribution in [0.2, 0.25) is 0 Å². The molecule has 3 nitrogen and oxygen atoms in total. The van der Waals surface area contributed by atoms with Crippen molar-refractivity contribution in [2.75, 3.05) is 18.5 Å². The van der Waals surface area contributed by atoms with E-state index in [0.717, 1.165) is 13.1 Å². The molecule has 0 amide bonds. The fraction of sp³-hybridized carbons (Fsp3) is 0.267. The molecule has 18 heavy (non-hydrogen) atoms. The largest absolute Gasteiger partial charge is 0.340 e. The maximum absolute atomic E-state index is 4.25. The third-order valence-electron chi connectivity index (χ3n) is 2.93. The molecule has 2 rings (SSSR count). The second-order valence-corrected chi connectivity index (χ2v) is 4.11. The number of rotatable bonds is 5. The van der Waals surface area contributed by atoms with Gasteiger partial charge in [0.1, 0.15) is 0 Å². The first-order valence-electron chi connectivity index (χ1n) is 6.27. The predicted octanol–water partition coefficient (Wildman–Crippen LogP) is 2.96. The number of aromatic nitrogens is 1. The highest BCUT2D eigenvalue weighted by atomic mass is 15.1. The quantitative estimate of drug-likeness (QED) is 0.872. The summed E-state index contributed by atoms with van der Waals surface area (Å²) in [5, 5.41) is 3.20. The van der Waals surface area contributed by atoms with Gasteiger partial charge in [-0.1, -0.05) is 18.2 Å². The Hall–Kier alpha value is -1.87. The van der Waals surface area contributed by atoms with Crippen LogP contribution in [-0.4, -0.2) is 18.6 Å². The maximum Gasteiger partial charge on any atom is 0.0642 e. The number of pyridine rings is 1. The van der Waals surface area contributed by atoms with Crippen molar-refractivity contribution < 1.29 is 0 Å². The smallest absolute Gasteiger partial charge is 0.0642 e. The molecule has 0 bridgehead atoms. The fourth-order valence-electron chi connectivity index (χ4n) is 2.10. The molecule has 0 unspecified atom stereocenters. The van der Waals surface area contributed by atoms with Crippen LogP contribution in [-0.2, 0) is 6.54 Å². The summed E-state index contributed by atoms with van der Waals surface area (Å²) in [5.41, 5.74) is 3.63. The van der Waals surface area contributed by atoms with Gasteiger partial charge in [-0.25, -0.2) is 0 Å². The third-order valence-corrected chi connectivity index (χ3v) is 2.93. The van der Waals surface area contributed by atoms with E-state index in [1.807, 2.05) is 25.5 Å². The SMILES string of the molecule is CCN(c1ccccc1)c1cnccc1CNC. The molecule has 0 atom stereocenters. The Labute approximate surface area is 108 Å². The van der Waals surface area contributed by atoms with Crippen LogP contribution in [0.15, 0.2) is 48.8 Å². The summed E-state index contributed by atoms with van der Waals surface area (Å²) in [5.74, 6) is 0. The molecule has 0 aliphatic heterocycles. The molecule has 1 aromatic heterocycles. The summed E-state index contributed by atoms with van der Waals surface area (Å²) >= 11 is 0. The van der Waals surface area contributed by atoms with Crippen LogP contribution in [0, 0.1) is 0 Å². The van der Waals surface area contributed by atoms with Crippen LogP contribution in [0.25, 0.3) is 0 Å². The van der Waals surface area contributed by atoms with Crippen LogP contribution in [0.4, 0.5) is 11.4 Å². The van der Waals surface area contributed by atoms with Crippen molar-refractivity contribution >= 4 is 11.4 Å². The van der Waals surface area contributed by atoms with Gasteiger partial charge in [0.15, 0.2) is 0 Å². The topological polar surface area (TPSA) is 28.2 Å². The summed E-state index contributed by atoms with van der Waals surface area (Å²) < 4.78 is 0. The van der Waals surface area contributed by atoms with Gasteiger partial charge in [-0.05, 0) is 37.7 Å². The fourth-order valence-corrected chi connectivity index (χ4v) is 2.10. The van der Waals surface area contributed by atoms with Crippen molar-refractivity contribution in [3.05, 3.63) is 54.4 Å². The highest BCUT2D eigenvalue weighted by Gasteiger charge is 2.10. The summed E-state index contributed by atoms with van der Waals surface area (Å²) in [6, 6.07) is 12.5. The van der Waals surface area contributed by atoms with Crippen LogP contribution in [0.5, 0.6) is 0 Å². The average molecular weight is 241 g/mol. The first-order valence-corrected chi connectivity index (χ1v) is 6.27. The Balaban J connectivity index is 2.39. The lowest BCUT2D eigenvalue weighted by atomic mass is 10.2. The number of nitrogens with one attached hydrogen (secondary N) is 1. The summed E-state index contributed by atoms with van der Waals surface area (Å²) in [6.07, 6.45) is 3.78. The highest BCUT2D eigenvalue weighted by molar-refractivity contribution is 5.65. The lowest BCUT2D eigenvalue weighted by Gasteiger charge is -2.25. The maximum atomic E-state index is 4.25. The van der Waals surface area contributed by atoms with Crippen molar-refractivity contribution in [2.45, 2.75) is 13.5 Å². The zero-order valence-electron chi connectivity index (χ0n) is 10.9. The van der Waals surface area contributed by atoms with Crippen molar-refractivity contribution in [2.24, 2.45) is 0 Å². The summed E-state index contributed by atoms with van der Waals surface area (Å²) in [4.78, 5) is 6.53. The Morgan fingerprint density at radius 1 is 1.17 bits per heavy atom. The Morgan fingerprint density at radius 3 is 2.61 bits per heavy atom. The van der Waals surface area contributed by atoms with E-state index in [-0.39, 0.29) is 0 Å². The predicted molar refractivity (Wildman–Crippen MR) is 76.1 cm³/mol. The van der Waals surface area contributed by atoms with Crippen LogP contribution < -0.4 is 10.2 Å². The Bertz CT molecular complexity index is 482. The van der Waals surface area contributed by atoms with Gasteiger partial charge in [0.05, 0.1) is 11.9 Å². The normalized spacial score (nSPS) is 10.3. The zero-order chi connectivity index (χ0) is 12.8. The number of hydrogen-bond donors (Lipinski definition) is 1. The van der Waals surface area contributed by atoms with E-state index in [9.17, 15) is 0 Å². The minimum atomic E-state index is 0.848. The molecule has 0 aliphatic rings. The molecule has 0 saturated heterocycles. The van der Waals surface area contributed by atoms with E-state index >= 15 is 0 Å². The molecule has 0 fully saturated rings. The molecular weight excluding hydrogens is 222 g/mol. The van der Waals surface area contributed by atoms with Gasteiger partial charge in [-0.15, -0.1) is 0 Å². The molecule has 1 heterocycles. The van der Waals surface area contributed by atoms with Crippen molar-refractivity contribution in [3.63, 3.8) is 0 Å². The molecule has 3 heteroatoms. The van der Waals surface area contributed by atoms with E-state index in [4.69, 9.17) is 0 Å². The molecule has 1 aromatic carbocycles. The second-order valence-electron chi connectivity index (χ2n) is 4.11. The Kier molecular flexibility index (Phi) is 4.31. The van der Waals surface area contributed by atoms with Crippen molar-refractivity contribution in [1.29, 1.82) is 0 Å². The van der Waals surface area contributed by atoms with E-state index in [1.54, 1.807) is 0 Å². The lowest BCUT2D eigenvalue weighted by Crippen LogP contribution is -2.19. The number of benzene rings is 1. The van der Waals surface area contributed by atoms with E-state index in [0.29, 0.717) is 0 Å². The molecule has 0 aliphatic carbocycles. The molecule has 1 N–H and O–H groups in total. The first-order chi connectivity index (χ1) is 8.86. The van der Waals surface area contributed by atoms with Gasteiger partial charge in [-0.2, -0.15) is 0 Å². The van der Waals surface area contributed by atoms with Gasteiger partial charge in [-0.3, -0.25) is 4.98 Å². The molecule has 0 spiro atoms. The van der Waals surface area contributed by atoms with E-state index in [1.165, 1.54) is 16.9 Å². The molecular formula is C15H19N3. The molecule has 0 radical (unpaired) electrons. The number of anilines is 2. The molecule has 2 aromatic rings. The van der Waals surface area contributed by atoms with E-state index < -0.39 is 0 Å².